The first-order chi connectivity index (χ1) is 9.00. The Hall–Kier alpha value is -0.880. The topological polar surface area (TPSA) is 32.3 Å². The molecule has 0 radical (unpaired) electrons. The van der Waals surface area contributed by atoms with Gasteiger partial charge in [-0.2, -0.15) is 0 Å². The van der Waals surface area contributed by atoms with Crippen molar-refractivity contribution in [3.8, 4) is 10.6 Å². The first-order valence-electron chi connectivity index (χ1n) is 6.05. The molecular formula is C13H18Cl2N4S. The molecule has 0 aliphatic rings. The lowest BCUT2D eigenvalue weighted by atomic mass is 10.2. The van der Waals surface area contributed by atoms with E-state index in [9.17, 15) is 0 Å². The van der Waals surface area contributed by atoms with E-state index in [4.69, 9.17) is 11.6 Å². The van der Waals surface area contributed by atoms with E-state index < -0.39 is 0 Å². The Morgan fingerprint density at radius 1 is 1.15 bits per heavy atom. The maximum Gasteiger partial charge on any atom is 0.223 e. The molecule has 0 bridgehead atoms. The van der Waals surface area contributed by atoms with Gasteiger partial charge in [0.25, 0.3) is 0 Å². The molecule has 20 heavy (non-hydrogen) atoms. The van der Waals surface area contributed by atoms with Gasteiger partial charge in [-0.1, -0.05) is 41.1 Å². The Balaban J connectivity index is 0.00000200. The van der Waals surface area contributed by atoms with E-state index in [0.717, 1.165) is 15.7 Å². The third kappa shape index (κ3) is 3.61. The summed E-state index contributed by atoms with van der Waals surface area (Å²) in [6.07, 6.45) is 0. The summed E-state index contributed by atoms with van der Waals surface area (Å²) in [4.78, 5) is 0. The molecule has 0 N–H and O–H groups in total. The molecule has 0 amide bonds. The van der Waals surface area contributed by atoms with Crippen molar-refractivity contribution < 1.29 is 0 Å². The van der Waals surface area contributed by atoms with Gasteiger partial charge < -0.3 is 0 Å². The molecule has 0 saturated heterocycles. The van der Waals surface area contributed by atoms with Crippen LogP contribution < -0.4 is 5.01 Å². The predicted molar refractivity (Wildman–Crippen MR) is 88.9 cm³/mol. The fraction of sp³-hybridized carbons (Fsp3) is 0.385. The highest BCUT2D eigenvalue weighted by atomic mass is 35.5. The van der Waals surface area contributed by atoms with Crippen LogP contribution in [0.15, 0.2) is 24.3 Å². The van der Waals surface area contributed by atoms with Crippen LogP contribution in [0.25, 0.3) is 10.6 Å². The lowest BCUT2D eigenvalue weighted by Gasteiger charge is -2.31. The van der Waals surface area contributed by atoms with Gasteiger partial charge in [0.05, 0.1) is 5.02 Å². The highest BCUT2D eigenvalue weighted by Crippen LogP contribution is 2.33. The molecule has 4 nitrogen and oxygen atoms in total. The number of hydrogen-bond donors (Lipinski definition) is 0. The number of benzene rings is 1. The average molecular weight is 333 g/mol. The van der Waals surface area contributed by atoms with Gasteiger partial charge in [-0.3, -0.25) is 5.01 Å². The quantitative estimate of drug-likeness (QED) is 0.793. The van der Waals surface area contributed by atoms with Crippen molar-refractivity contribution in [3.05, 3.63) is 29.3 Å². The second-order valence-electron chi connectivity index (χ2n) is 4.66. The Morgan fingerprint density at radius 2 is 1.80 bits per heavy atom. The summed E-state index contributed by atoms with van der Waals surface area (Å²) in [5.74, 6) is 0. The van der Waals surface area contributed by atoms with Crippen LogP contribution in [0.4, 0.5) is 5.13 Å². The molecule has 7 heteroatoms. The fourth-order valence-corrected chi connectivity index (χ4v) is 3.28. The maximum atomic E-state index is 6.19. The summed E-state index contributed by atoms with van der Waals surface area (Å²) in [5.41, 5.74) is 0.926. The van der Waals surface area contributed by atoms with Crippen molar-refractivity contribution in [1.29, 1.82) is 0 Å². The summed E-state index contributed by atoms with van der Waals surface area (Å²) in [5, 5.41) is 15.0. The third-order valence-corrected chi connectivity index (χ3v) is 3.91. The van der Waals surface area contributed by atoms with Crippen molar-refractivity contribution in [1.82, 2.24) is 15.2 Å². The van der Waals surface area contributed by atoms with Crippen LogP contribution in [0.3, 0.4) is 0 Å². The highest BCUT2D eigenvalue weighted by molar-refractivity contribution is 7.18. The maximum absolute atomic E-state index is 6.19. The molecule has 0 fully saturated rings. The Morgan fingerprint density at radius 3 is 2.35 bits per heavy atom. The molecule has 0 spiro atoms. The molecule has 0 aliphatic heterocycles. The van der Waals surface area contributed by atoms with Crippen LogP contribution in [0.5, 0.6) is 0 Å². The number of rotatable bonds is 4. The molecular weight excluding hydrogens is 315 g/mol. The number of aromatic nitrogens is 2. The Bertz CT molecular complexity index is 549. The fourth-order valence-electron chi connectivity index (χ4n) is 1.91. The molecule has 1 aromatic heterocycles. The van der Waals surface area contributed by atoms with Gasteiger partial charge >= 0.3 is 0 Å². The highest BCUT2D eigenvalue weighted by Gasteiger charge is 2.19. The molecule has 0 atom stereocenters. The Kier molecular flexibility index (Phi) is 6.20. The largest absolute Gasteiger partial charge is 0.277 e. The van der Waals surface area contributed by atoms with E-state index in [1.165, 1.54) is 0 Å². The molecule has 2 rings (SSSR count). The van der Waals surface area contributed by atoms with Crippen molar-refractivity contribution >= 4 is 40.5 Å². The summed E-state index contributed by atoms with van der Waals surface area (Å²) in [6, 6.07) is 8.01. The summed E-state index contributed by atoms with van der Waals surface area (Å²) in [7, 11) is 3.99. The zero-order valence-corrected chi connectivity index (χ0v) is 14.3. The van der Waals surface area contributed by atoms with Gasteiger partial charge in [0.2, 0.25) is 5.13 Å². The minimum Gasteiger partial charge on any atom is -0.277 e. The zero-order chi connectivity index (χ0) is 14.0. The minimum absolute atomic E-state index is 0. The summed E-state index contributed by atoms with van der Waals surface area (Å²) < 4.78 is 0. The van der Waals surface area contributed by atoms with Gasteiger partial charge in [-0.15, -0.1) is 22.6 Å². The van der Waals surface area contributed by atoms with Gasteiger partial charge in [-0.05, 0) is 19.9 Å². The second kappa shape index (κ2) is 7.22. The smallest absolute Gasteiger partial charge is 0.223 e. The third-order valence-electron chi connectivity index (χ3n) is 2.63. The number of halogens is 2. The van der Waals surface area contributed by atoms with Crippen molar-refractivity contribution in [3.63, 3.8) is 0 Å². The SMILES string of the molecule is CC(C)N(c1nnc(-c2ccccc2Cl)s1)N(C)C.Cl. The van der Waals surface area contributed by atoms with Gasteiger partial charge in [0, 0.05) is 25.7 Å². The van der Waals surface area contributed by atoms with Crippen LogP contribution in [-0.2, 0) is 0 Å². The molecule has 110 valence electrons. The first kappa shape index (κ1) is 17.2. The second-order valence-corrected chi connectivity index (χ2v) is 6.02. The summed E-state index contributed by atoms with van der Waals surface area (Å²) >= 11 is 7.73. The standard InChI is InChI=1S/C13H17ClN4S.ClH/c1-9(2)18(17(3)4)13-16-15-12(19-13)10-7-5-6-8-11(10)14;/h5-9H,1-4H3;1H. The first-order valence-corrected chi connectivity index (χ1v) is 7.25. The molecule has 0 aliphatic carbocycles. The van der Waals surface area contributed by atoms with Crippen LogP contribution in [-0.4, -0.2) is 35.3 Å². The number of hydrogen-bond acceptors (Lipinski definition) is 5. The number of nitrogens with zero attached hydrogens (tertiary/aromatic N) is 4. The van der Waals surface area contributed by atoms with Gasteiger partial charge in [-0.25, -0.2) is 5.01 Å². The van der Waals surface area contributed by atoms with E-state index in [1.807, 2.05) is 43.4 Å². The van der Waals surface area contributed by atoms with E-state index in [-0.39, 0.29) is 12.4 Å². The van der Waals surface area contributed by atoms with Crippen LogP contribution in [0, 0.1) is 0 Å². The van der Waals surface area contributed by atoms with Crippen molar-refractivity contribution in [2.45, 2.75) is 19.9 Å². The van der Waals surface area contributed by atoms with Crippen molar-refractivity contribution in [2.24, 2.45) is 0 Å². The zero-order valence-electron chi connectivity index (χ0n) is 11.9. The molecule has 2 aromatic rings. The van der Waals surface area contributed by atoms with Crippen LogP contribution >= 0.6 is 35.3 Å². The van der Waals surface area contributed by atoms with E-state index >= 15 is 0 Å². The van der Waals surface area contributed by atoms with E-state index in [1.54, 1.807) is 11.3 Å². The van der Waals surface area contributed by atoms with Crippen molar-refractivity contribution in [2.75, 3.05) is 19.1 Å². The number of hydrazine groups is 1. The lowest BCUT2D eigenvalue weighted by molar-refractivity contribution is 0.339. The monoisotopic (exact) mass is 332 g/mol. The molecule has 0 saturated carbocycles. The normalized spacial score (nSPS) is 10.8. The molecule has 0 unspecified atom stereocenters. The Labute approximate surface area is 134 Å². The van der Waals surface area contributed by atoms with E-state index in [2.05, 4.69) is 29.1 Å². The predicted octanol–water partition coefficient (Wildman–Crippen LogP) is 3.97. The van der Waals surface area contributed by atoms with Gasteiger partial charge in [0.15, 0.2) is 5.01 Å². The van der Waals surface area contributed by atoms with Gasteiger partial charge in [0.1, 0.15) is 0 Å². The summed E-state index contributed by atoms with van der Waals surface area (Å²) in [6.45, 7) is 4.24. The van der Waals surface area contributed by atoms with Crippen LogP contribution in [0.2, 0.25) is 5.02 Å². The minimum atomic E-state index is 0. The number of anilines is 1. The lowest BCUT2D eigenvalue weighted by Crippen LogP contribution is -2.42. The molecule has 1 aromatic carbocycles. The van der Waals surface area contributed by atoms with E-state index in [0.29, 0.717) is 11.1 Å². The average Bonchev–Trinajstić information content (AvgIpc) is 2.77. The van der Waals surface area contributed by atoms with Crippen LogP contribution in [0.1, 0.15) is 13.8 Å². The molecule has 1 heterocycles.